The minimum atomic E-state index is -0.739. The molecule has 27 heavy (non-hydrogen) atoms. The van der Waals surface area contributed by atoms with E-state index >= 15 is 0 Å². The number of likely N-dealkylation sites (N-methyl/N-ethyl adjacent to an activating group) is 1. The topological polar surface area (TPSA) is 93.0 Å². The summed E-state index contributed by atoms with van der Waals surface area (Å²) in [6.07, 6.45) is 2.09. The molecule has 0 unspecified atom stereocenters. The minimum Gasteiger partial charge on any atom is -0.452 e. The molecule has 8 nitrogen and oxygen atoms in total. The molecule has 1 fully saturated rings. The first kappa shape index (κ1) is 20.7. The molecular weight excluding hydrogens is 350 g/mol. The number of rotatable bonds is 7. The molecule has 1 aromatic carbocycles. The predicted molar refractivity (Wildman–Crippen MR) is 102 cm³/mol. The molecule has 1 saturated heterocycles. The average Bonchev–Trinajstić information content (AvgIpc) is 2.66. The number of hydrogen-bond donors (Lipinski definition) is 0. The third-order valence-electron chi connectivity index (χ3n) is 4.85. The number of carbonyl (C=O) groups is 2. The van der Waals surface area contributed by atoms with Gasteiger partial charge in [-0.05, 0) is 44.7 Å². The lowest BCUT2D eigenvalue weighted by atomic mass is 9.99. The van der Waals surface area contributed by atoms with E-state index < -0.39 is 10.9 Å². The van der Waals surface area contributed by atoms with Crippen molar-refractivity contribution in [2.24, 2.45) is 5.92 Å². The van der Waals surface area contributed by atoms with Crippen molar-refractivity contribution in [3.05, 3.63) is 33.9 Å². The second kappa shape index (κ2) is 9.34. The van der Waals surface area contributed by atoms with Gasteiger partial charge in [0.05, 0.1) is 10.5 Å². The van der Waals surface area contributed by atoms with E-state index in [4.69, 9.17) is 4.74 Å². The van der Waals surface area contributed by atoms with E-state index in [1.807, 2.05) is 18.7 Å². The van der Waals surface area contributed by atoms with Crippen molar-refractivity contribution in [1.29, 1.82) is 0 Å². The van der Waals surface area contributed by atoms with Gasteiger partial charge in [0.2, 0.25) is 0 Å². The number of nitro groups is 1. The fourth-order valence-corrected chi connectivity index (χ4v) is 3.35. The van der Waals surface area contributed by atoms with Crippen molar-refractivity contribution in [3.63, 3.8) is 0 Å². The maximum atomic E-state index is 12.2. The van der Waals surface area contributed by atoms with Crippen LogP contribution in [-0.2, 0) is 9.53 Å². The summed E-state index contributed by atoms with van der Waals surface area (Å²) >= 11 is 0. The van der Waals surface area contributed by atoms with Gasteiger partial charge in [0.15, 0.2) is 6.61 Å². The van der Waals surface area contributed by atoms with E-state index in [0.717, 1.165) is 25.9 Å². The summed E-state index contributed by atoms with van der Waals surface area (Å²) in [5, 5.41) is 11.5. The largest absolute Gasteiger partial charge is 0.452 e. The molecule has 0 N–H and O–H groups in total. The number of amides is 1. The molecule has 0 aromatic heterocycles. The number of carbonyl (C=O) groups excluding carboxylic acids is 2. The van der Waals surface area contributed by atoms with Crippen molar-refractivity contribution in [2.75, 3.05) is 37.7 Å². The molecule has 148 valence electrons. The average molecular weight is 377 g/mol. The first-order valence-corrected chi connectivity index (χ1v) is 9.35. The van der Waals surface area contributed by atoms with Gasteiger partial charge in [-0.15, -0.1) is 0 Å². The van der Waals surface area contributed by atoms with Gasteiger partial charge in [0.25, 0.3) is 11.6 Å². The van der Waals surface area contributed by atoms with Gasteiger partial charge < -0.3 is 14.5 Å². The predicted octanol–water partition coefficient (Wildman–Crippen LogP) is 2.86. The number of anilines is 1. The second-order valence-corrected chi connectivity index (χ2v) is 6.80. The monoisotopic (exact) mass is 377 g/mol. The molecule has 1 heterocycles. The lowest BCUT2D eigenvalue weighted by molar-refractivity contribution is -0.384. The number of ether oxygens (including phenoxy) is 1. The molecule has 0 bridgehead atoms. The van der Waals surface area contributed by atoms with Gasteiger partial charge in [-0.1, -0.05) is 6.92 Å². The van der Waals surface area contributed by atoms with Crippen LogP contribution >= 0.6 is 0 Å². The Morgan fingerprint density at radius 1 is 1.33 bits per heavy atom. The summed E-state index contributed by atoms with van der Waals surface area (Å²) in [7, 11) is 0. The molecular formula is C19H27N3O5. The highest BCUT2D eigenvalue weighted by Crippen LogP contribution is 2.32. The Morgan fingerprint density at radius 3 is 2.63 bits per heavy atom. The molecule has 1 atom stereocenters. The molecule has 0 radical (unpaired) electrons. The van der Waals surface area contributed by atoms with E-state index in [-0.39, 0.29) is 23.8 Å². The van der Waals surface area contributed by atoms with E-state index in [1.54, 1.807) is 11.0 Å². The van der Waals surface area contributed by atoms with Gasteiger partial charge in [-0.2, -0.15) is 0 Å². The zero-order valence-electron chi connectivity index (χ0n) is 16.1. The molecule has 1 aliphatic rings. The van der Waals surface area contributed by atoms with E-state index in [1.165, 1.54) is 12.1 Å². The molecule has 1 amide bonds. The maximum absolute atomic E-state index is 12.2. The molecule has 0 spiro atoms. The lowest BCUT2D eigenvalue weighted by Gasteiger charge is -2.32. The van der Waals surface area contributed by atoms with Crippen LogP contribution in [0.15, 0.2) is 18.2 Å². The van der Waals surface area contributed by atoms with Crippen LogP contribution in [0.5, 0.6) is 0 Å². The molecule has 0 aliphatic carbocycles. The summed E-state index contributed by atoms with van der Waals surface area (Å²) in [6.45, 7) is 7.99. The van der Waals surface area contributed by atoms with Crippen LogP contribution in [0.3, 0.4) is 0 Å². The van der Waals surface area contributed by atoms with Crippen molar-refractivity contribution in [1.82, 2.24) is 4.90 Å². The number of benzene rings is 1. The van der Waals surface area contributed by atoms with Crippen LogP contribution in [-0.4, -0.2) is 54.5 Å². The minimum absolute atomic E-state index is 0.0721. The van der Waals surface area contributed by atoms with E-state index in [2.05, 4.69) is 6.92 Å². The SMILES string of the molecule is CCN(CC)C(=O)COC(=O)c1ccc(N2CCC[C@@H](C)C2)c([N+](=O)[O-])c1. The van der Waals surface area contributed by atoms with E-state index in [0.29, 0.717) is 24.7 Å². The van der Waals surface area contributed by atoms with Crippen LogP contribution in [0.25, 0.3) is 0 Å². The highest BCUT2D eigenvalue weighted by molar-refractivity contribution is 5.93. The first-order valence-electron chi connectivity index (χ1n) is 9.35. The third-order valence-corrected chi connectivity index (χ3v) is 4.85. The van der Waals surface area contributed by atoms with Gasteiger partial charge in [0, 0.05) is 32.2 Å². The molecule has 2 rings (SSSR count). The Balaban J connectivity index is 2.13. The summed E-state index contributed by atoms with van der Waals surface area (Å²) in [6, 6.07) is 4.35. The van der Waals surface area contributed by atoms with Crippen LogP contribution in [0.4, 0.5) is 11.4 Å². The standard InChI is InChI=1S/C19H27N3O5/c1-4-20(5-2)18(23)13-27-19(24)15-8-9-16(17(11-15)22(25)26)21-10-6-7-14(3)12-21/h8-9,11,14H,4-7,10,12-13H2,1-3H3/t14-/m1/s1. The van der Waals surface area contributed by atoms with Crippen molar-refractivity contribution in [3.8, 4) is 0 Å². The zero-order chi connectivity index (χ0) is 20.0. The fraction of sp³-hybridized carbons (Fsp3) is 0.579. The van der Waals surface area contributed by atoms with Gasteiger partial charge in [0.1, 0.15) is 5.69 Å². The number of piperidine rings is 1. The third kappa shape index (κ3) is 5.18. The Morgan fingerprint density at radius 2 is 2.04 bits per heavy atom. The van der Waals surface area contributed by atoms with Crippen LogP contribution in [0.2, 0.25) is 0 Å². The number of esters is 1. The molecule has 1 aliphatic heterocycles. The highest BCUT2D eigenvalue weighted by Gasteiger charge is 2.25. The van der Waals surface area contributed by atoms with Crippen LogP contribution in [0.1, 0.15) is 44.0 Å². The Labute approximate surface area is 159 Å². The van der Waals surface area contributed by atoms with E-state index in [9.17, 15) is 19.7 Å². The van der Waals surface area contributed by atoms with Crippen LogP contribution in [0, 0.1) is 16.0 Å². The Kier molecular flexibility index (Phi) is 7.15. The Bertz CT molecular complexity index is 703. The van der Waals surface area contributed by atoms with Gasteiger partial charge >= 0.3 is 5.97 Å². The zero-order valence-corrected chi connectivity index (χ0v) is 16.1. The summed E-state index contributed by atoms with van der Waals surface area (Å²) in [4.78, 5) is 38.8. The fourth-order valence-electron chi connectivity index (χ4n) is 3.35. The lowest BCUT2D eigenvalue weighted by Crippen LogP contribution is -2.35. The van der Waals surface area contributed by atoms with Crippen molar-refractivity contribution >= 4 is 23.3 Å². The van der Waals surface area contributed by atoms with Crippen molar-refractivity contribution in [2.45, 2.75) is 33.6 Å². The molecule has 8 heteroatoms. The van der Waals surface area contributed by atoms with Crippen LogP contribution < -0.4 is 4.90 Å². The first-order chi connectivity index (χ1) is 12.9. The number of hydrogen-bond acceptors (Lipinski definition) is 6. The smallest absolute Gasteiger partial charge is 0.338 e. The van der Waals surface area contributed by atoms with Crippen molar-refractivity contribution < 1.29 is 19.2 Å². The quantitative estimate of drug-likeness (QED) is 0.412. The number of nitrogens with zero attached hydrogens (tertiary/aromatic N) is 3. The normalized spacial score (nSPS) is 16.7. The summed E-state index contributed by atoms with van der Waals surface area (Å²) in [5.41, 5.74) is 0.471. The second-order valence-electron chi connectivity index (χ2n) is 6.80. The van der Waals surface area contributed by atoms with Gasteiger partial charge in [-0.3, -0.25) is 14.9 Å². The summed E-state index contributed by atoms with van der Waals surface area (Å²) in [5.74, 6) is -0.562. The maximum Gasteiger partial charge on any atom is 0.338 e. The van der Waals surface area contributed by atoms with Gasteiger partial charge in [-0.25, -0.2) is 4.79 Å². The molecule has 0 saturated carbocycles. The Hall–Kier alpha value is -2.64. The summed E-state index contributed by atoms with van der Waals surface area (Å²) < 4.78 is 5.05. The number of nitro benzene ring substituents is 1. The highest BCUT2D eigenvalue weighted by atomic mass is 16.6. The molecule has 1 aromatic rings.